The highest BCUT2D eigenvalue weighted by molar-refractivity contribution is 4.94. The van der Waals surface area contributed by atoms with Gasteiger partial charge in [0.2, 0.25) is 0 Å². The van der Waals surface area contributed by atoms with E-state index in [-0.39, 0.29) is 0 Å². The maximum Gasteiger partial charge on any atom is 0.330 e. The number of aliphatic hydroxyl groups is 1. The molecule has 2 rings (SSSR count). The summed E-state index contributed by atoms with van der Waals surface area (Å²) in [6.07, 6.45) is -1.44. The molecular formula is C12H19N3O5. The van der Waals surface area contributed by atoms with Gasteiger partial charge in [0, 0.05) is 25.9 Å². The highest BCUT2D eigenvalue weighted by Crippen LogP contribution is 2.30. The summed E-state index contributed by atoms with van der Waals surface area (Å²) >= 11 is 0. The van der Waals surface area contributed by atoms with E-state index in [0.717, 1.165) is 0 Å². The molecule has 8 heteroatoms. The molecule has 20 heavy (non-hydrogen) atoms. The van der Waals surface area contributed by atoms with Crippen molar-refractivity contribution in [3.8, 4) is 0 Å². The lowest BCUT2D eigenvalue weighted by molar-refractivity contribution is -0.0566. The quantitative estimate of drug-likeness (QED) is 0.689. The van der Waals surface area contributed by atoms with Crippen LogP contribution in [0.15, 0.2) is 21.9 Å². The summed E-state index contributed by atoms with van der Waals surface area (Å²) in [5.74, 6) is 0. The normalized spacial score (nSPS) is 30.1. The SMILES string of the molecule is CO[C@H]1C(O)[C@@H](CN(C)C)O[C@H]1n1ccc(=O)[nH]c1=O. The van der Waals surface area contributed by atoms with E-state index in [0.29, 0.717) is 6.54 Å². The van der Waals surface area contributed by atoms with Gasteiger partial charge in [-0.2, -0.15) is 0 Å². The molecular weight excluding hydrogens is 266 g/mol. The highest BCUT2D eigenvalue weighted by Gasteiger charge is 2.45. The number of H-pyrrole nitrogens is 1. The number of nitrogens with zero attached hydrogens (tertiary/aromatic N) is 2. The van der Waals surface area contributed by atoms with E-state index in [1.165, 1.54) is 23.9 Å². The standard InChI is InChI=1S/C12H19N3O5/c1-14(2)6-7-9(17)10(19-3)11(20-7)15-5-4-8(16)13-12(15)18/h4-5,7,9-11,17H,6H2,1-3H3,(H,13,16,18)/t7-,9?,10+,11-/m1/s1. The van der Waals surface area contributed by atoms with Gasteiger partial charge < -0.3 is 19.5 Å². The summed E-state index contributed by atoms with van der Waals surface area (Å²) < 4.78 is 12.2. The lowest BCUT2D eigenvalue weighted by atomic mass is 10.1. The Balaban J connectivity index is 2.30. The van der Waals surface area contributed by atoms with Gasteiger partial charge in [0.25, 0.3) is 5.56 Å². The Morgan fingerprint density at radius 2 is 2.20 bits per heavy atom. The first-order valence-corrected chi connectivity index (χ1v) is 6.26. The van der Waals surface area contributed by atoms with E-state index < -0.39 is 35.8 Å². The van der Waals surface area contributed by atoms with E-state index >= 15 is 0 Å². The maximum atomic E-state index is 11.8. The van der Waals surface area contributed by atoms with Crippen molar-refractivity contribution in [2.75, 3.05) is 27.7 Å². The van der Waals surface area contributed by atoms with E-state index in [9.17, 15) is 14.7 Å². The lowest BCUT2D eigenvalue weighted by Crippen LogP contribution is -2.39. The number of nitrogens with one attached hydrogen (secondary N) is 1. The van der Waals surface area contributed by atoms with Crippen LogP contribution in [0.25, 0.3) is 0 Å². The van der Waals surface area contributed by atoms with Crippen molar-refractivity contribution in [2.24, 2.45) is 0 Å². The molecule has 0 saturated carbocycles. The van der Waals surface area contributed by atoms with Crippen LogP contribution in [0.4, 0.5) is 0 Å². The number of hydrogen-bond acceptors (Lipinski definition) is 6. The van der Waals surface area contributed by atoms with Gasteiger partial charge in [-0.3, -0.25) is 14.3 Å². The molecule has 2 N–H and O–H groups in total. The monoisotopic (exact) mass is 285 g/mol. The van der Waals surface area contributed by atoms with Crippen LogP contribution in [0.1, 0.15) is 6.23 Å². The molecule has 0 aliphatic carbocycles. The lowest BCUT2D eigenvalue weighted by Gasteiger charge is -2.20. The summed E-state index contributed by atoms with van der Waals surface area (Å²) in [7, 11) is 5.16. The highest BCUT2D eigenvalue weighted by atomic mass is 16.6. The molecule has 0 amide bonds. The third-order valence-electron chi connectivity index (χ3n) is 3.26. The van der Waals surface area contributed by atoms with Crippen molar-refractivity contribution in [2.45, 2.75) is 24.5 Å². The minimum absolute atomic E-state index is 0.473. The predicted octanol–water partition coefficient (Wildman–Crippen LogP) is -1.63. The Morgan fingerprint density at radius 3 is 2.75 bits per heavy atom. The van der Waals surface area contributed by atoms with Gasteiger partial charge in [0.15, 0.2) is 6.23 Å². The predicted molar refractivity (Wildman–Crippen MR) is 70.6 cm³/mol. The minimum Gasteiger partial charge on any atom is -0.387 e. The smallest absolute Gasteiger partial charge is 0.330 e. The van der Waals surface area contributed by atoms with Gasteiger partial charge in [0.1, 0.15) is 18.3 Å². The fourth-order valence-corrected chi connectivity index (χ4v) is 2.34. The van der Waals surface area contributed by atoms with E-state index in [1.54, 1.807) is 0 Å². The first kappa shape index (κ1) is 14.9. The van der Waals surface area contributed by atoms with Gasteiger partial charge in [-0.1, -0.05) is 0 Å². The van der Waals surface area contributed by atoms with Crippen LogP contribution in [-0.2, 0) is 9.47 Å². The van der Waals surface area contributed by atoms with Crippen molar-refractivity contribution < 1.29 is 14.6 Å². The number of aliphatic hydroxyl groups excluding tert-OH is 1. The first-order chi connectivity index (χ1) is 9.43. The molecule has 112 valence electrons. The molecule has 2 heterocycles. The molecule has 1 fully saturated rings. The number of ether oxygens (including phenoxy) is 2. The minimum atomic E-state index is -0.855. The molecule has 0 spiro atoms. The van der Waals surface area contributed by atoms with Crippen LogP contribution in [0.2, 0.25) is 0 Å². The van der Waals surface area contributed by atoms with E-state index in [1.807, 2.05) is 19.0 Å². The zero-order valence-corrected chi connectivity index (χ0v) is 11.6. The molecule has 1 aliphatic heterocycles. The zero-order chi connectivity index (χ0) is 14.9. The van der Waals surface area contributed by atoms with Crippen LogP contribution in [-0.4, -0.2) is 65.6 Å². The summed E-state index contributed by atoms with van der Waals surface area (Å²) in [5, 5.41) is 10.2. The van der Waals surface area contributed by atoms with Crippen LogP contribution in [0.3, 0.4) is 0 Å². The number of hydrogen-bond donors (Lipinski definition) is 2. The second-order valence-corrected chi connectivity index (χ2v) is 5.04. The number of likely N-dealkylation sites (N-methyl/N-ethyl adjacent to an activating group) is 1. The number of aromatic nitrogens is 2. The molecule has 1 aromatic heterocycles. The molecule has 0 bridgehead atoms. The Morgan fingerprint density at radius 1 is 1.50 bits per heavy atom. The Bertz CT molecular complexity index is 567. The zero-order valence-electron chi connectivity index (χ0n) is 11.6. The number of rotatable bonds is 4. The van der Waals surface area contributed by atoms with Gasteiger partial charge in [-0.15, -0.1) is 0 Å². The van der Waals surface area contributed by atoms with Gasteiger partial charge in [-0.05, 0) is 14.1 Å². The van der Waals surface area contributed by atoms with Crippen molar-refractivity contribution in [1.29, 1.82) is 0 Å². The Hall–Kier alpha value is -1.48. The molecule has 1 aliphatic rings. The van der Waals surface area contributed by atoms with E-state index in [2.05, 4.69) is 4.98 Å². The molecule has 1 saturated heterocycles. The fraction of sp³-hybridized carbons (Fsp3) is 0.667. The van der Waals surface area contributed by atoms with Gasteiger partial charge >= 0.3 is 5.69 Å². The van der Waals surface area contributed by atoms with Gasteiger partial charge in [0.05, 0.1) is 0 Å². The third-order valence-corrected chi connectivity index (χ3v) is 3.26. The van der Waals surface area contributed by atoms with Crippen molar-refractivity contribution in [3.63, 3.8) is 0 Å². The average molecular weight is 285 g/mol. The third kappa shape index (κ3) is 2.83. The Kier molecular flexibility index (Phi) is 4.39. The number of methoxy groups -OCH3 is 1. The summed E-state index contributed by atoms with van der Waals surface area (Å²) in [5.41, 5.74) is -1.08. The maximum absolute atomic E-state index is 11.8. The van der Waals surface area contributed by atoms with Crippen LogP contribution >= 0.6 is 0 Å². The molecule has 0 aromatic carbocycles. The van der Waals surface area contributed by atoms with Crippen LogP contribution < -0.4 is 11.2 Å². The molecule has 1 aromatic rings. The Labute approximate surface area is 115 Å². The second-order valence-electron chi connectivity index (χ2n) is 5.04. The van der Waals surface area contributed by atoms with Crippen LogP contribution in [0, 0.1) is 0 Å². The second kappa shape index (κ2) is 5.88. The summed E-state index contributed by atoms with van der Waals surface area (Å²) in [6, 6.07) is 1.23. The van der Waals surface area contributed by atoms with E-state index in [4.69, 9.17) is 9.47 Å². The fourth-order valence-electron chi connectivity index (χ4n) is 2.34. The topological polar surface area (TPSA) is 96.8 Å². The van der Waals surface area contributed by atoms with Crippen molar-refractivity contribution in [3.05, 3.63) is 33.1 Å². The van der Waals surface area contributed by atoms with Crippen LogP contribution in [0.5, 0.6) is 0 Å². The van der Waals surface area contributed by atoms with Gasteiger partial charge in [-0.25, -0.2) is 4.79 Å². The largest absolute Gasteiger partial charge is 0.387 e. The average Bonchev–Trinajstić information content (AvgIpc) is 2.65. The molecule has 4 atom stereocenters. The molecule has 8 nitrogen and oxygen atoms in total. The summed E-state index contributed by atoms with van der Waals surface area (Å²) in [4.78, 5) is 26.9. The van der Waals surface area contributed by atoms with Crippen molar-refractivity contribution in [1.82, 2.24) is 14.5 Å². The number of aromatic amines is 1. The molecule has 1 unspecified atom stereocenters. The molecule has 0 radical (unpaired) electrons. The van der Waals surface area contributed by atoms with Crippen molar-refractivity contribution >= 4 is 0 Å². The first-order valence-electron chi connectivity index (χ1n) is 6.26. The summed E-state index contributed by atoms with van der Waals surface area (Å²) in [6.45, 7) is 0.496.